The Labute approximate surface area is 252 Å². The normalized spacial score (nSPS) is 12.5. The summed E-state index contributed by atoms with van der Waals surface area (Å²) in [5, 5.41) is 36.6. The number of aliphatic hydroxyl groups excluding tert-OH is 1. The first kappa shape index (κ1) is 31.6. The van der Waals surface area contributed by atoms with Crippen molar-refractivity contribution < 1.29 is 28.5 Å². The number of hydrogen-bond acceptors (Lipinski definition) is 7. The van der Waals surface area contributed by atoms with Crippen LogP contribution in [0.2, 0.25) is 0 Å². The van der Waals surface area contributed by atoms with Crippen molar-refractivity contribution in [2.24, 2.45) is 0 Å². The van der Waals surface area contributed by atoms with Crippen molar-refractivity contribution in [3.8, 4) is 22.6 Å². The van der Waals surface area contributed by atoms with Crippen molar-refractivity contribution in [1.82, 2.24) is 10.6 Å². The number of hydrogen-bond donors (Lipinski definition) is 6. The fourth-order valence-corrected chi connectivity index (χ4v) is 5.29. The van der Waals surface area contributed by atoms with Crippen LogP contribution in [0.3, 0.4) is 0 Å². The van der Waals surface area contributed by atoms with E-state index in [1.54, 1.807) is 18.2 Å². The maximum atomic E-state index is 13.0. The summed E-state index contributed by atoms with van der Waals surface area (Å²) in [6.07, 6.45) is 0.605. The summed E-state index contributed by atoms with van der Waals surface area (Å²) in [5.74, 6) is -0.217. The number of phenols is 2. The monoisotopic (exact) mass is 603 g/mol. The van der Waals surface area contributed by atoms with Crippen LogP contribution in [-0.4, -0.2) is 48.0 Å². The molecule has 4 aromatic carbocycles. The summed E-state index contributed by atoms with van der Waals surface area (Å²) in [5.41, 5.74) is 4.39. The third kappa shape index (κ3) is 9.31. The Kier molecular flexibility index (Phi) is 9.75. The van der Waals surface area contributed by atoms with E-state index in [1.165, 1.54) is 18.2 Å². The summed E-state index contributed by atoms with van der Waals surface area (Å²) in [7, 11) is -3.60. The highest BCUT2D eigenvalue weighted by Gasteiger charge is 2.21. The molecule has 1 atom stereocenters. The van der Waals surface area contributed by atoms with E-state index in [0.29, 0.717) is 24.1 Å². The summed E-state index contributed by atoms with van der Waals surface area (Å²) >= 11 is 0. The summed E-state index contributed by atoms with van der Waals surface area (Å²) in [6, 6.07) is 26.5. The highest BCUT2D eigenvalue weighted by Crippen LogP contribution is 2.28. The van der Waals surface area contributed by atoms with Gasteiger partial charge in [0.05, 0.1) is 18.0 Å². The molecule has 4 rings (SSSR count). The Morgan fingerprint density at radius 1 is 0.860 bits per heavy atom. The molecule has 1 amide bonds. The Bertz CT molecular complexity index is 1690. The molecule has 0 aliphatic rings. The molecule has 0 aromatic heterocycles. The Morgan fingerprint density at radius 3 is 2.28 bits per heavy atom. The van der Waals surface area contributed by atoms with Gasteiger partial charge in [0.1, 0.15) is 11.5 Å². The minimum Gasteiger partial charge on any atom is -0.508 e. The van der Waals surface area contributed by atoms with Gasteiger partial charge >= 0.3 is 0 Å². The van der Waals surface area contributed by atoms with Crippen molar-refractivity contribution in [1.29, 1.82) is 0 Å². The van der Waals surface area contributed by atoms with E-state index in [0.717, 1.165) is 28.5 Å². The van der Waals surface area contributed by atoms with Gasteiger partial charge in [0.2, 0.25) is 10.0 Å². The van der Waals surface area contributed by atoms with Crippen LogP contribution >= 0.6 is 0 Å². The number of amides is 1. The van der Waals surface area contributed by atoms with Crippen LogP contribution in [0.5, 0.6) is 11.5 Å². The number of carbonyl (C=O) groups is 1. The number of carbonyl (C=O) groups excluding carboxylic acids is 1. The van der Waals surface area contributed by atoms with Crippen molar-refractivity contribution in [2.75, 3.05) is 17.5 Å². The molecule has 0 radical (unpaired) electrons. The van der Waals surface area contributed by atoms with Gasteiger partial charge in [-0.1, -0.05) is 48.5 Å². The van der Waals surface area contributed by atoms with Crippen LogP contribution in [0, 0.1) is 0 Å². The van der Waals surface area contributed by atoms with Crippen LogP contribution in [0.1, 0.15) is 47.0 Å². The highest BCUT2D eigenvalue weighted by atomic mass is 32.2. The number of phenolic OH excluding ortho intramolecular Hbond substituents is 2. The van der Waals surface area contributed by atoms with E-state index < -0.39 is 21.7 Å². The van der Waals surface area contributed by atoms with Gasteiger partial charge in [0.15, 0.2) is 0 Å². The van der Waals surface area contributed by atoms with E-state index >= 15 is 0 Å². The Balaban J connectivity index is 1.34. The lowest BCUT2D eigenvalue weighted by Crippen LogP contribution is -2.43. The number of sulfonamides is 1. The second-order valence-corrected chi connectivity index (χ2v) is 13.0. The van der Waals surface area contributed by atoms with Gasteiger partial charge < -0.3 is 26.0 Å². The predicted octanol–water partition coefficient (Wildman–Crippen LogP) is 4.71. The zero-order valence-corrected chi connectivity index (χ0v) is 25.2. The minimum absolute atomic E-state index is 0.00144. The van der Waals surface area contributed by atoms with E-state index in [9.17, 15) is 28.5 Å². The van der Waals surface area contributed by atoms with Gasteiger partial charge in [-0.2, -0.15) is 0 Å². The van der Waals surface area contributed by atoms with Crippen LogP contribution in [0.4, 0.5) is 5.69 Å². The quantitative estimate of drug-likeness (QED) is 0.129. The molecular formula is C33H37N3O6S. The first-order valence-corrected chi connectivity index (χ1v) is 15.7. The number of β-amino-alcohol motifs (C(OH)–C–C–N with tert-alkyl or cyclic N) is 1. The van der Waals surface area contributed by atoms with Gasteiger partial charge in [-0.25, -0.2) is 8.42 Å². The predicted molar refractivity (Wildman–Crippen MR) is 168 cm³/mol. The molecule has 10 heteroatoms. The molecule has 9 nitrogen and oxygen atoms in total. The molecule has 6 N–H and O–H groups in total. The fraction of sp³-hybridized carbons (Fsp3) is 0.242. The van der Waals surface area contributed by atoms with Crippen molar-refractivity contribution in [3.05, 3.63) is 113 Å². The van der Waals surface area contributed by atoms with E-state index in [-0.39, 0.29) is 29.6 Å². The molecule has 0 saturated heterocycles. The van der Waals surface area contributed by atoms with Crippen LogP contribution < -0.4 is 15.4 Å². The smallest absolute Gasteiger partial charge is 0.251 e. The zero-order chi connectivity index (χ0) is 31.2. The maximum absolute atomic E-state index is 13.0. The highest BCUT2D eigenvalue weighted by molar-refractivity contribution is 7.92. The molecule has 43 heavy (non-hydrogen) atoms. The molecule has 0 unspecified atom stereocenters. The van der Waals surface area contributed by atoms with Crippen molar-refractivity contribution in [2.45, 2.75) is 38.5 Å². The lowest BCUT2D eigenvalue weighted by Gasteiger charge is -2.28. The van der Waals surface area contributed by atoms with Crippen LogP contribution in [0.25, 0.3) is 11.1 Å². The number of rotatable bonds is 12. The Hall–Kier alpha value is -4.38. The van der Waals surface area contributed by atoms with Crippen LogP contribution in [0.15, 0.2) is 91.0 Å². The standard InChI is InChI=1S/C33H37N3O6S/c1-33(2,35-21-31(39)26-12-15-30(38)29(18-26)36-43(3,41)42)19-22-6-4-9-27(16-22)32(40)34-20-23-7-5-8-25(17-23)24-10-13-28(37)14-11-24/h4-18,31,35-39H,19-21H2,1-3H3,(H,34,40)/t31-/m1/s1. The number of anilines is 1. The van der Waals surface area contributed by atoms with Gasteiger partial charge in [0.25, 0.3) is 5.91 Å². The van der Waals surface area contributed by atoms with Crippen LogP contribution in [-0.2, 0) is 23.0 Å². The lowest BCUT2D eigenvalue weighted by atomic mass is 9.93. The zero-order valence-electron chi connectivity index (χ0n) is 24.3. The molecule has 0 saturated carbocycles. The van der Waals surface area contributed by atoms with E-state index in [2.05, 4.69) is 15.4 Å². The summed E-state index contributed by atoms with van der Waals surface area (Å²) < 4.78 is 25.4. The summed E-state index contributed by atoms with van der Waals surface area (Å²) in [6.45, 7) is 4.51. The average Bonchev–Trinajstić information content (AvgIpc) is 2.95. The fourth-order valence-electron chi connectivity index (χ4n) is 4.73. The largest absolute Gasteiger partial charge is 0.508 e. The second-order valence-electron chi connectivity index (χ2n) is 11.2. The Morgan fingerprint density at radius 2 is 1.56 bits per heavy atom. The molecule has 0 aliphatic heterocycles. The maximum Gasteiger partial charge on any atom is 0.251 e. The third-order valence-electron chi connectivity index (χ3n) is 6.89. The van der Waals surface area contributed by atoms with Crippen molar-refractivity contribution in [3.63, 3.8) is 0 Å². The van der Waals surface area contributed by atoms with E-state index in [4.69, 9.17) is 0 Å². The molecule has 226 valence electrons. The molecule has 0 fully saturated rings. The number of aliphatic hydroxyl groups is 1. The van der Waals surface area contributed by atoms with Gasteiger partial charge in [-0.15, -0.1) is 0 Å². The number of benzene rings is 4. The first-order valence-electron chi connectivity index (χ1n) is 13.8. The van der Waals surface area contributed by atoms with Crippen molar-refractivity contribution >= 4 is 21.6 Å². The average molecular weight is 604 g/mol. The molecular weight excluding hydrogens is 566 g/mol. The lowest BCUT2D eigenvalue weighted by molar-refractivity contribution is 0.0950. The second kappa shape index (κ2) is 13.3. The van der Waals surface area contributed by atoms with Gasteiger partial charge in [-0.3, -0.25) is 9.52 Å². The minimum atomic E-state index is -3.60. The molecule has 0 spiro atoms. The van der Waals surface area contributed by atoms with E-state index in [1.807, 2.05) is 68.4 Å². The van der Waals surface area contributed by atoms with Gasteiger partial charge in [0, 0.05) is 24.2 Å². The SMILES string of the molecule is CC(C)(Cc1cccc(C(=O)NCc2cccc(-c3ccc(O)cc3)c2)c1)NC[C@@H](O)c1ccc(O)c(NS(C)(=O)=O)c1. The molecule has 4 aromatic rings. The first-order chi connectivity index (χ1) is 20.3. The molecule has 0 heterocycles. The number of nitrogens with one attached hydrogen (secondary N) is 3. The van der Waals surface area contributed by atoms with Gasteiger partial charge in [-0.05, 0) is 90.6 Å². The topological polar surface area (TPSA) is 148 Å². The summed E-state index contributed by atoms with van der Waals surface area (Å²) in [4.78, 5) is 13.0. The molecule has 0 bridgehead atoms. The number of aromatic hydroxyl groups is 2. The third-order valence-corrected chi connectivity index (χ3v) is 7.48. The molecule has 0 aliphatic carbocycles.